The number of aliphatic hydroxyl groups excluding tert-OH is 1. The lowest BCUT2D eigenvalue weighted by atomic mass is 10.2. The Bertz CT molecular complexity index is 357. The number of aldehydes is 1. The first-order chi connectivity index (χ1) is 6.77. The van der Waals surface area contributed by atoms with Crippen molar-refractivity contribution in [2.75, 3.05) is 0 Å². The van der Waals surface area contributed by atoms with Gasteiger partial charge in [0, 0.05) is 5.56 Å². The molecule has 4 nitrogen and oxygen atoms in total. The van der Waals surface area contributed by atoms with Crippen LogP contribution in [-0.4, -0.2) is 17.3 Å². The standard InChI is InChI=1S/C10H9NO3/c12-6-9(7-13)11-10(14)8-4-2-1-3-5-8/h1-7,12H,(H,11,14)/b9-6+. The summed E-state index contributed by atoms with van der Waals surface area (Å²) in [5.74, 6) is -0.432. The molecule has 0 saturated heterocycles. The van der Waals surface area contributed by atoms with Crippen LogP contribution in [-0.2, 0) is 4.79 Å². The molecule has 0 bridgehead atoms. The summed E-state index contributed by atoms with van der Waals surface area (Å²) in [5.41, 5.74) is 0.257. The third-order valence-electron chi connectivity index (χ3n) is 1.56. The molecule has 1 rings (SSSR count). The summed E-state index contributed by atoms with van der Waals surface area (Å²) in [6, 6.07) is 8.40. The normalized spacial score (nSPS) is 10.7. The molecule has 0 fully saturated rings. The van der Waals surface area contributed by atoms with Crippen LogP contribution in [0.1, 0.15) is 10.4 Å². The molecule has 0 aliphatic heterocycles. The van der Waals surface area contributed by atoms with Crippen LogP contribution in [0.5, 0.6) is 0 Å². The molecule has 1 amide bonds. The second kappa shape index (κ2) is 4.81. The molecule has 14 heavy (non-hydrogen) atoms. The van der Waals surface area contributed by atoms with E-state index in [1.807, 2.05) is 0 Å². The summed E-state index contributed by atoms with van der Waals surface area (Å²) in [4.78, 5) is 21.6. The Morgan fingerprint density at radius 3 is 2.43 bits per heavy atom. The van der Waals surface area contributed by atoms with Crippen molar-refractivity contribution in [3.05, 3.63) is 47.9 Å². The maximum Gasteiger partial charge on any atom is 0.255 e. The van der Waals surface area contributed by atoms with Crippen LogP contribution >= 0.6 is 0 Å². The van der Waals surface area contributed by atoms with Crippen molar-refractivity contribution in [1.82, 2.24) is 5.32 Å². The van der Waals surface area contributed by atoms with Crippen LogP contribution < -0.4 is 5.32 Å². The second-order valence-corrected chi connectivity index (χ2v) is 2.52. The number of rotatable bonds is 3. The molecule has 0 atom stereocenters. The number of hydrogen-bond acceptors (Lipinski definition) is 3. The van der Waals surface area contributed by atoms with Crippen molar-refractivity contribution in [1.29, 1.82) is 0 Å². The Balaban J connectivity index is 2.73. The molecule has 1 aromatic rings. The first kappa shape index (κ1) is 9.98. The average molecular weight is 191 g/mol. The fourth-order valence-corrected chi connectivity index (χ4v) is 0.885. The smallest absolute Gasteiger partial charge is 0.255 e. The maximum atomic E-state index is 11.4. The molecule has 1 aromatic carbocycles. The van der Waals surface area contributed by atoms with Gasteiger partial charge >= 0.3 is 0 Å². The molecule has 0 unspecified atom stereocenters. The predicted molar refractivity (Wildman–Crippen MR) is 50.7 cm³/mol. The van der Waals surface area contributed by atoms with Crippen molar-refractivity contribution in [2.24, 2.45) is 0 Å². The van der Waals surface area contributed by atoms with Gasteiger partial charge in [0.1, 0.15) is 12.0 Å². The molecular weight excluding hydrogens is 182 g/mol. The molecular formula is C10H9NO3. The fourth-order valence-electron chi connectivity index (χ4n) is 0.885. The van der Waals surface area contributed by atoms with Gasteiger partial charge in [-0.3, -0.25) is 9.59 Å². The molecule has 0 radical (unpaired) electrons. The average Bonchev–Trinajstić information content (AvgIpc) is 2.26. The van der Waals surface area contributed by atoms with E-state index in [1.54, 1.807) is 30.3 Å². The summed E-state index contributed by atoms with van der Waals surface area (Å²) < 4.78 is 0. The number of allylic oxidation sites excluding steroid dienone is 1. The van der Waals surface area contributed by atoms with Gasteiger partial charge in [-0.15, -0.1) is 0 Å². The highest BCUT2D eigenvalue weighted by atomic mass is 16.2. The van der Waals surface area contributed by atoms with Crippen LogP contribution in [0, 0.1) is 0 Å². The zero-order valence-corrected chi connectivity index (χ0v) is 7.31. The van der Waals surface area contributed by atoms with E-state index in [2.05, 4.69) is 5.32 Å². The first-order valence-electron chi connectivity index (χ1n) is 3.94. The van der Waals surface area contributed by atoms with Crippen LogP contribution in [0.4, 0.5) is 0 Å². The van der Waals surface area contributed by atoms with Gasteiger partial charge in [0.15, 0.2) is 6.29 Å². The summed E-state index contributed by atoms with van der Waals surface area (Å²) in [6.45, 7) is 0. The summed E-state index contributed by atoms with van der Waals surface area (Å²) >= 11 is 0. The van der Waals surface area contributed by atoms with Crippen LogP contribution in [0.15, 0.2) is 42.3 Å². The number of carbonyl (C=O) groups excluding carboxylic acids is 2. The molecule has 0 aliphatic rings. The quantitative estimate of drug-likeness (QED) is 0.425. The van der Waals surface area contributed by atoms with Gasteiger partial charge in [-0.2, -0.15) is 0 Å². The zero-order chi connectivity index (χ0) is 10.4. The van der Waals surface area contributed by atoms with Crippen LogP contribution in [0.3, 0.4) is 0 Å². The lowest BCUT2D eigenvalue weighted by molar-refractivity contribution is -0.105. The number of benzene rings is 1. The number of aliphatic hydroxyl groups is 1. The SMILES string of the molecule is O=C/C(=C\O)NC(=O)c1ccccc1. The van der Waals surface area contributed by atoms with Crippen molar-refractivity contribution in [3.63, 3.8) is 0 Å². The predicted octanol–water partition coefficient (Wildman–Crippen LogP) is 1.01. The lowest BCUT2D eigenvalue weighted by Gasteiger charge is -2.02. The van der Waals surface area contributed by atoms with Gasteiger partial charge in [0.2, 0.25) is 0 Å². The van der Waals surface area contributed by atoms with E-state index >= 15 is 0 Å². The zero-order valence-electron chi connectivity index (χ0n) is 7.31. The molecule has 0 aromatic heterocycles. The maximum absolute atomic E-state index is 11.4. The number of hydrogen-bond donors (Lipinski definition) is 2. The highest BCUT2D eigenvalue weighted by Gasteiger charge is 2.05. The van der Waals surface area contributed by atoms with Crippen LogP contribution in [0.25, 0.3) is 0 Å². The van der Waals surface area contributed by atoms with Crippen molar-refractivity contribution in [3.8, 4) is 0 Å². The Hall–Kier alpha value is -2.10. The van der Waals surface area contributed by atoms with Crippen molar-refractivity contribution in [2.45, 2.75) is 0 Å². The van der Waals surface area contributed by atoms with Gasteiger partial charge in [-0.1, -0.05) is 18.2 Å². The molecule has 0 aliphatic carbocycles. The van der Waals surface area contributed by atoms with Gasteiger partial charge in [-0.25, -0.2) is 0 Å². The van der Waals surface area contributed by atoms with Crippen LogP contribution in [0.2, 0.25) is 0 Å². The van der Waals surface area contributed by atoms with Gasteiger partial charge in [0.25, 0.3) is 5.91 Å². The number of nitrogens with one attached hydrogen (secondary N) is 1. The lowest BCUT2D eigenvalue weighted by Crippen LogP contribution is -2.23. The van der Waals surface area contributed by atoms with Gasteiger partial charge in [-0.05, 0) is 12.1 Å². The monoisotopic (exact) mass is 191 g/mol. The minimum atomic E-state index is -0.432. The third-order valence-corrected chi connectivity index (χ3v) is 1.56. The number of carbonyl (C=O) groups is 2. The van der Waals surface area contributed by atoms with Gasteiger partial charge in [0.05, 0.1) is 0 Å². The Labute approximate surface area is 80.9 Å². The third kappa shape index (κ3) is 2.45. The largest absolute Gasteiger partial charge is 0.513 e. The Morgan fingerprint density at radius 2 is 1.93 bits per heavy atom. The summed E-state index contributed by atoms with van der Waals surface area (Å²) in [7, 11) is 0. The molecule has 0 spiro atoms. The molecule has 0 heterocycles. The molecule has 4 heteroatoms. The molecule has 0 saturated carbocycles. The van der Waals surface area contributed by atoms with E-state index < -0.39 is 5.91 Å². The first-order valence-corrected chi connectivity index (χ1v) is 3.94. The highest BCUT2D eigenvalue weighted by molar-refractivity contribution is 5.97. The van der Waals surface area contributed by atoms with Gasteiger partial charge < -0.3 is 10.4 Å². The fraction of sp³-hybridized carbons (Fsp3) is 0. The van der Waals surface area contributed by atoms with E-state index in [0.29, 0.717) is 18.1 Å². The van der Waals surface area contributed by atoms with Crippen molar-refractivity contribution >= 4 is 12.2 Å². The van der Waals surface area contributed by atoms with E-state index in [0.717, 1.165) is 0 Å². The minimum absolute atomic E-state index is 0.168. The topological polar surface area (TPSA) is 66.4 Å². The Morgan fingerprint density at radius 1 is 1.29 bits per heavy atom. The number of amides is 1. The van der Waals surface area contributed by atoms with Crippen molar-refractivity contribution < 1.29 is 14.7 Å². The van der Waals surface area contributed by atoms with E-state index in [9.17, 15) is 9.59 Å². The van der Waals surface area contributed by atoms with E-state index in [-0.39, 0.29) is 5.70 Å². The van der Waals surface area contributed by atoms with E-state index in [1.165, 1.54) is 0 Å². The second-order valence-electron chi connectivity index (χ2n) is 2.52. The molecule has 72 valence electrons. The minimum Gasteiger partial charge on any atom is -0.513 e. The highest BCUT2D eigenvalue weighted by Crippen LogP contribution is 1.98. The summed E-state index contributed by atoms with van der Waals surface area (Å²) in [5, 5.41) is 10.8. The summed E-state index contributed by atoms with van der Waals surface area (Å²) in [6.07, 6.45) is 0.911. The van der Waals surface area contributed by atoms with E-state index in [4.69, 9.17) is 5.11 Å². The molecule has 2 N–H and O–H groups in total. The Kier molecular flexibility index (Phi) is 3.43.